The maximum Gasteiger partial charge on any atom is 0.407 e. The van der Waals surface area contributed by atoms with Gasteiger partial charge in [0.1, 0.15) is 23.9 Å². The Bertz CT molecular complexity index is 1020. The van der Waals surface area contributed by atoms with Crippen LogP contribution in [0.4, 0.5) is 9.18 Å². The van der Waals surface area contributed by atoms with Crippen molar-refractivity contribution in [2.75, 3.05) is 6.54 Å². The van der Waals surface area contributed by atoms with E-state index in [2.05, 4.69) is 10.1 Å². The number of aromatic nitrogens is 2. The van der Waals surface area contributed by atoms with Crippen LogP contribution in [0.2, 0.25) is 0 Å². The summed E-state index contributed by atoms with van der Waals surface area (Å²) in [5.74, 6) is 0.754. The first-order chi connectivity index (χ1) is 13.5. The van der Waals surface area contributed by atoms with E-state index >= 15 is 0 Å². The summed E-state index contributed by atoms with van der Waals surface area (Å²) in [6, 6.07) is 9.59. The predicted octanol–water partition coefficient (Wildman–Crippen LogP) is 3.80. The number of halogens is 1. The van der Waals surface area contributed by atoms with Crippen LogP contribution < -0.4 is 4.74 Å². The zero-order valence-electron chi connectivity index (χ0n) is 15.2. The second-order valence-corrected chi connectivity index (χ2v) is 6.57. The Morgan fingerprint density at radius 3 is 2.82 bits per heavy atom. The fraction of sp³-hybridized carbons (Fsp3) is 0.250. The smallest absolute Gasteiger partial charge is 0.407 e. The van der Waals surface area contributed by atoms with Crippen LogP contribution >= 0.6 is 0 Å². The fourth-order valence-corrected chi connectivity index (χ4v) is 3.18. The molecule has 1 aliphatic rings. The lowest BCUT2D eigenvalue weighted by molar-refractivity contribution is 0.139. The number of hydrogen-bond acceptors (Lipinski definition) is 5. The van der Waals surface area contributed by atoms with Crippen LogP contribution in [0.5, 0.6) is 5.88 Å². The lowest BCUT2D eigenvalue weighted by Crippen LogP contribution is -2.35. The molecular formula is C20H18FN3O4. The number of hydrogen-bond donors (Lipinski definition) is 1. The molecule has 0 unspecified atom stereocenters. The van der Waals surface area contributed by atoms with E-state index in [1.54, 1.807) is 25.1 Å². The zero-order chi connectivity index (χ0) is 19.7. The summed E-state index contributed by atoms with van der Waals surface area (Å²) in [6.07, 6.45) is -0.381. The summed E-state index contributed by atoms with van der Waals surface area (Å²) < 4.78 is 24.3. The van der Waals surface area contributed by atoms with Crippen LogP contribution in [0.3, 0.4) is 0 Å². The Labute approximate surface area is 160 Å². The van der Waals surface area contributed by atoms with E-state index < -0.39 is 6.09 Å². The fourth-order valence-electron chi connectivity index (χ4n) is 3.18. The van der Waals surface area contributed by atoms with Crippen LogP contribution in [-0.2, 0) is 19.6 Å². The van der Waals surface area contributed by atoms with Crippen LogP contribution in [-0.4, -0.2) is 32.8 Å². The van der Waals surface area contributed by atoms with Crippen molar-refractivity contribution in [3.05, 3.63) is 64.8 Å². The molecule has 1 N–H and O–H groups in total. The number of ether oxygens (including phenoxy) is 1. The Balaban J connectivity index is 1.51. The highest BCUT2D eigenvalue weighted by Crippen LogP contribution is 2.27. The van der Waals surface area contributed by atoms with E-state index in [9.17, 15) is 9.18 Å². The number of rotatable bonds is 4. The number of amides is 1. The van der Waals surface area contributed by atoms with Crippen molar-refractivity contribution in [1.29, 1.82) is 0 Å². The number of carboxylic acid groups (broad SMARTS) is 1. The second-order valence-electron chi connectivity index (χ2n) is 6.57. The van der Waals surface area contributed by atoms with E-state index in [0.717, 1.165) is 22.4 Å². The average molecular weight is 383 g/mol. The van der Waals surface area contributed by atoms with Crippen molar-refractivity contribution < 1.29 is 23.6 Å². The molecule has 3 heterocycles. The molecule has 8 heteroatoms. The normalized spacial score (nSPS) is 13.3. The number of pyridine rings is 1. The van der Waals surface area contributed by atoms with Gasteiger partial charge in [-0.05, 0) is 36.8 Å². The quantitative estimate of drug-likeness (QED) is 0.737. The molecule has 2 aromatic heterocycles. The van der Waals surface area contributed by atoms with Crippen molar-refractivity contribution >= 4 is 6.09 Å². The molecule has 0 saturated carbocycles. The third-order valence-electron chi connectivity index (χ3n) is 4.76. The van der Waals surface area contributed by atoms with Gasteiger partial charge in [-0.3, -0.25) is 0 Å². The molecule has 1 amide bonds. The summed E-state index contributed by atoms with van der Waals surface area (Å²) in [5.41, 5.74) is 3.84. The minimum Gasteiger partial charge on any atom is -0.473 e. The van der Waals surface area contributed by atoms with E-state index in [4.69, 9.17) is 14.4 Å². The molecule has 7 nitrogen and oxygen atoms in total. The molecule has 0 aliphatic carbocycles. The number of benzene rings is 1. The highest BCUT2D eigenvalue weighted by Gasteiger charge is 2.22. The van der Waals surface area contributed by atoms with Crippen molar-refractivity contribution in [2.45, 2.75) is 26.5 Å². The maximum atomic E-state index is 13.2. The van der Waals surface area contributed by atoms with E-state index in [1.165, 1.54) is 17.0 Å². The molecule has 0 radical (unpaired) electrons. The SMILES string of the molecule is Cc1onc(-c2ccc(F)cc2)c1COc1ccc2c(n1)CCN(C(=O)O)C2. The lowest BCUT2D eigenvalue weighted by atomic mass is 10.1. The summed E-state index contributed by atoms with van der Waals surface area (Å²) >= 11 is 0. The molecule has 1 aliphatic heterocycles. The predicted molar refractivity (Wildman–Crippen MR) is 97.3 cm³/mol. The molecule has 0 atom stereocenters. The highest BCUT2D eigenvalue weighted by atomic mass is 19.1. The van der Waals surface area contributed by atoms with Gasteiger partial charge in [0.05, 0.1) is 17.8 Å². The zero-order valence-corrected chi connectivity index (χ0v) is 15.2. The maximum absolute atomic E-state index is 13.2. The Hall–Kier alpha value is -3.42. The van der Waals surface area contributed by atoms with Gasteiger partial charge < -0.3 is 19.3 Å². The van der Waals surface area contributed by atoms with Gasteiger partial charge in [0.25, 0.3) is 0 Å². The van der Waals surface area contributed by atoms with Crippen molar-refractivity contribution in [1.82, 2.24) is 15.0 Å². The lowest BCUT2D eigenvalue weighted by Gasteiger charge is -2.25. The number of carbonyl (C=O) groups is 1. The van der Waals surface area contributed by atoms with Gasteiger partial charge in [0.15, 0.2) is 0 Å². The third kappa shape index (κ3) is 3.53. The summed E-state index contributed by atoms with van der Waals surface area (Å²) in [7, 11) is 0. The Morgan fingerprint density at radius 2 is 2.07 bits per heavy atom. The minimum absolute atomic E-state index is 0.203. The first kappa shape index (κ1) is 18.0. The molecule has 1 aromatic carbocycles. The topological polar surface area (TPSA) is 88.7 Å². The number of nitrogens with zero attached hydrogens (tertiary/aromatic N) is 3. The van der Waals surface area contributed by atoms with Crippen LogP contribution in [0.15, 0.2) is 40.9 Å². The van der Waals surface area contributed by atoms with Crippen LogP contribution in [0.25, 0.3) is 11.3 Å². The third-order valence-corrected chi connectivity index (χ3v) is 4.76. The van der Waals surface area contributed by atoms with Gasteiger partial charge in [-0.15, -0.1) is 0 Å². The number of fused-ring (bicyclic) bond motifs is 1. The highest BCUT2D eigenvalue weighted by molar-refractivity contribution is 5.65. The van der Waals surface area contributed by atoms with Gasteiger partial charge in [-0.1, -0.05) is 11.2 Å². The van der Waals surface area contributed by atoms with Crippen LogP contribution in [0.1, 0.15) is 22.6 Å². The molecule has 0 fully saturated rings. The van der Waals surface area contributed by atoms with E-state index in [0.29, 0.717) is 36.8 Å². The van der Waals surface area contributed by atoms with Crippen molar-refractivity contribution in [3.63, 3.8) is 0 Å². The molecular weight excluding hydrogens is 365 g/mol. The van der Waals surface area contributed by atoms with Gasteiger partial charge in [-0.2, -0.15) is 0 Å². The van der Waals surface area contributed by atoms with Crippen molar-refractivity contribution in [3.8, 4) is 17.1 Å². The second kappa shape index (κ2) is 7.30. The first-order valence-corrected chi connectivity index (χ1v) is 8.82. The Kier molecular flexibility index (Phi) is 4.68. The standard InChI is InChI=1S/C20H18FN3O4/c1-12-16(19(23-28-12)13-2-5-15(21)6-3-13)11-27-18-7-4-14-10-24(20(25)26)9-8-17(14)22-18/h2-7H,8-11H2,1H3,(H,25,26). The minimum atomic E-state index is -0.928. The van der Waals surface area contributed by atoms with Crippen molar-refractivity contribution in [2.24, 2.45) is 0 Å². The summed E-state index contributed by atoms with van der Waals surface area (Å²) in [6.45, 7) is 2.74. The molecule has 28 heavy (non-hydrogen) atoms. The van der Waals surface area contributed by atoms with E-state index in [-0.39, 0.29) is 12.4 Å². The van der Waals surface area contributed by atoms with Crippen LogP contribution in [0, 0.1) is 12.7 Å². The molecule has 0 bridgehead atoms. The monoisotopic (exact) mass is 383 g/mol. The summed E-state index contributed by atoms with van der Waals surface area (Å²) in [4.78, 5) is 17.0. The molecule has 144 valence electrons. The first-order valence-electron chi connectivity index (χ1n) is 8.82. The van der Waals surface area contributed by atoms with Gasteiger partial charge in [0, 0.05) is 24.6 Å². The molecule has 0 saturated heterocycles. The molecule has 4 rings (SSSR count). The van der Waals surface area contributed by atoms with Gasteiger partial charge in [0.2, 0.25) is 5.88 Å². The average Bonchev–Trinajstić information content (AvgIpc) is 3.06. The molecule has 3 aromatic rings. The Morgan fingerprint density at radius 1 is 1.29 bits per heavy atom. The van der Waals surface area contributed by atoms with Gasteiger partial charge >= 0.3 is 6.09 Å². The summed E-state index contributed by atoms with van der Waals surface area (Å²) in [5, 5.41) is 13.2. The van der Waals surface area contributed by atoms with E-state index in [1.807, 2.05) is 6.07 Å². The molecule has 0 spiro atoms. The number of aryl methyl sites for hydroxylation is 1. The largest absolute Gasteiger partial charge is 0.473 e. The van der Waals surface area contributed by atoms with Gasteiger partial charge in [-0.25, -0.2) is 14.2 Å².